The summed E-state index contributed by atoms with van der Waals surface area (Å²) in [6, 6.07) is 25.9. The quantitative estimate of drug-likeness (QED) is 0.344. The van der Waals surface area contributed by atoms with Gasteiger partial charge in [-0.2, -0.15) is 0 Å². The van der Waals surface area contributed by atoms with Crippen LogP contribution < -0.4 is 10.1 Å². The number of piperidine rings is 1. The number of amides is 2. The molecule has 1 atom stereocenters. The van der Waals surface area contributed by atoms with Crippen LogP contribution in [0.5, 0.6) is 5.75 Å². The highest BCUT2D eigenvalue weighted by atomic mass is 16.5. The topological polar surface area (TPSA) is 84.9 Å². The van der Waals surface area contributed by atoms with Crippen molar-refractivity contribution < 1.29 is 23.9 Å². The number of likely N-dealkylation sites (tertiary alicyclic amines) is 1. The molecule has 3 aromatic rings. The molecule has 40 heavy (non-hydrogen) atoms. The molecule has 1 heterocycles. The predicted octanol–water partition coefficient (Wildman–Crippen LogP) is 5.43. The number of carbonyl (C=O) groups excluding carboxylic acids is 3. The van der Waals surface area contributed by atoms with E-state index in [2.05, 4.69) is 5.32 Å². The summed E-state index contributed by atoms with van der Waals surface area (Å²) in [7, 11) is 1.32. The van der Waals surface area contributed by atoms with Gasteiger partial charge in [0, 0.05) is 31.5 Å². The lowest BCUT2D eigenvalue weighted by Crippen LogP contribution is -2.44. The number of nitrogens with one attached hydrogen (secondary N) is 1. The van der Waals surface area contributed by atoms with Gasteiger partial charge in [0.2, 0.25) is 5.91 Å². The molecular weight excluding hydrogens is 504 g/mol. The van der Waals surface area contributed by atoms with Crippen molar-refractivity contribution in [2.45, 2.75) is 52.2 Å². The molecule has 0 radical (unpaired) electrons. The van der Waals surface area contributed by atoms with E-state index in [9.17, 15) is 14.4 Å². The molecule has 4 rings (SSSR count). The molecule has 212 valence electrons. The third-order valence-electron chi connectivity index (χ3n) is 6.83. The number of benzene rings is 3. The average molecular weight is 545 g/mol. The summed E-state index contributed by atoms with van der Waals surface area (Å²) in [4.78, 5) is 39.7. The van der Waals surface area contributed by atoms with E-state index in [1.54, 1.807) is 0 Å². The van der Waals surface area contributed by atoms with Gasteiger partial charge in [-0.15, -0.1) is 0 Å². The van der Waals surface area contributed by atoms with Crippen molar-refractivity contribution in [3.8, 4) is 5.75 Å². The number of rotatable bonds is 10. The van der Waals surface area contributed by atoms with Crippen LogP contribution in [0, 0.1) is 5.92 Å². The molecule has 7 nitrogen and oxygen atoms in total. The fourth-order valence-corrected chi connectivity index (χ4v) is 4.65. The fraction of sp³-hybridized carbons (Fsp3) is 0.364. The van der Waals surface area contributed by atoms with Crippen LogP contribution in [0.2, 0.25) is 0 Å². The second kappa shape index (κ2) is 16.1. The average Bonchev–Trinajstić information content (AvgIpc) is 3.02. The molecule has 0 spiro atoms. The van der Waals surface area contributed by atoms with Crippen LogP contribution in [0.3, 0.4) is 0 Å². The van der Waals surface area contributed by atoms with Gasteiger partial charge >= 0.3 is 5.97 Å². The SMILES string of the molecule is CC.COC(=O)C(Cc1ccc(OCc2ccccc2)cc1)NC(=O)CC1CCN(C(=O)c2ccccc2)CC1. The molecule has 7 heteroatoms. The molecule has 1 unspecified atom stereocenters. The molecule has 1 saturated heterocycles. The van der Waals surface area contributed by atoms with Gasteiger partial charge in [-0.05, 0) is 54.2 Å². The molecule has 1 fully saturated rings. The van der Waals surface area contributed by atoms with Gasteiger partial charge < -0.3 is 19.7 Å². The summed E-state index contributed by atoms with van der Waals surface area (Å²) in [6.45, 7) is 5.70. The van der Waals surface area contributed by atoms with E-state index >= 15 is 0 Å². The molecule has 1 N–H and O–H groups in total. The summed E-state index contributed by atoms with van der Waals surface area (Å²) < 4.78 is 10.8. The van der Waals surface area contributed by atoms with Crippen molar-refractivity contribution in [3.63, 3.8) is 0 Å². The summed E-state index contributed by atoms with van der Waals surface area (Å²) in [5.41, 5.74) is 2.65. The summed E-state index contributed by atoms with van der Waals surface area (Å²) in [5, 5.41) is 2.86. The third-order valence-corrected chi connectivity index (χ3v) is 6.83. The normalized spacial score (nSPS) is 13.8. The Hall–Kier alpha value is -4.13. The highest BCUT2D eigenvalue weighted by molar-refractivity contribution is 5.94. The van der Waals surface area contributed by atoms with Crippen LogP contribution in [-0.4, -0.2) is 48.9 Å². The molecule has 0 bridgehead atoms. The van der Waals surface area contributed by atoms with Gasteiger partial charge in [-0.3, -0.25) is 9.59 Å². The molecule has 0 aliphatic carbocycles. The van der Waals surface area contributed by atoms with Crippen molar-refractivity contribution in [1.82, 2.24) is 10.2 Å². The maximum Gasteiger partial charge on any atom is 0.328 e. The number of hydrogen-bond donors (Lipinski definition) is 1. The fourth-order valence-electron chi connectivity index (χ4n) is 4.65. The third kappa shape index (κ3) is 9.26. The van der Waals surface area contributed by atoms with Crippen molar-refractivity contribution in [3.05, 3.63) is 102 Å². The zero-order valence-electron chi connectivity index (χ0n) is 23.7. The number of methoxy groups -OCH3 is 1. The highest BCUT2D eigenvalue weighted by Crippen LogP contribution is 2.22. The Morgan fingerprint density at radius 2 is 1.45 bits per heavy atom. The second-order valence-corrected chi connectivity index (χ2v) is 9.57. The lowest BCUT2D eigenvalue weighted by atomic mass is 9.92. The van der Waals surface area contributed by atoms with Crippen LogP contribution in [0.1, 0.15) is 54.6 Å². The first-order chi connectivity index (χ1) is 19.5. The largest absolute Gasteiger partial charge is 0.489 e. The molecule has 1 aliphatic rings. The Kier molecular flexibility index (Phi) is 12.2. The first-order valence-electron chi connectivity index (χ1n) is 14.0. The zero-order chi connectivity index (χ0) is 28.7. The van der Waals surface area contributed by atoms with Crippen molar-refractivity contribution in [1.29, 1.82) is 0 Å². The van der Waals surface area contributed by atoms with Crippen molar-refractivity contribution >= 4 is 17.8 Å². The van der Waals surface area contributed by atoms with E-state index in [0.717, 1.165) is 29.7 Å². The molecule has 0 saturated carbocycles. The Bertz CT molecular complexity index is 1190. The van der Waals surface area contributed by atoms with Gasteiger partial charge in [0.05, 0.1) is 7.11 Å². The Labute approximate surface area is 237 Å². The molecular formula is C33H40N2O5. The van der Waals surface area contributed by atoms with Crippen LogP contribution in [0.4, 0.5) is 0 Å². The van der Waals surface area contributed by atoms with Crippen LogP contribution in [0.25, 0.3) is 0 Å². The summed E-state index contributed by atoms with van der Waals surface area (Å²) >= 11 is 0. The van der Waals surface area contributed by atoms with E-state index in [-0.39, 0.29) is 17.7 Å². The maximum absolute atomic E-state index is 12.8. The van der Waals surface area contributed by atoms with E-state index in [1.807, 2.05) is 104 Å². The van der Waals surface area contributed by atoms with E-state index < -0.39 is 12.0 Å². The van der Waals surface area contributed by atoms with Gasteiger partial charge in [0.15, 0.2) is 0 Å². The van der Waals surface area contributed by atoms with Gasteiger partial charge in [-0.25, -0.2) is 4.79 Å². The monoisotopic (exact) mass is 544 g/mol. The first-order valence-corrected chi connectivity index (χ1v) is 14.0. The maximum atomic E-state index is 12.8. The van der Waals surface area contributed by atoms with E-state index in [0.29, 0.717) is 38.1 Å². The standard InChI is InChI=1S/C31H34N2O5.C2H6/c1-37-31(36)28(20-23-12-14-27(15-13-23)38-22-25-8-4-2-5-9-25)32-29(34)21-24-16-18-33(19-17-24)30(35)26-10-6-3-7-11-26;1-2/h2-15,24,28H,16-22H2,1H3,(H,32,34);1-2H3. The van der Waals surface area contributed by atoms with Crippen LogP contribution in [0.15, 0.2) is 84.9 Å². The zero-order valence-corrected chi connectivity index (χ0v) is 23.7. The number of ether oxygens (including phenoxy) is 2. The van der Waals surface area contributed by atoms with Gasteiger partial charge in [0.1, 0.15) is 18.4 Å². The number of carbonyl (C=O) groups is 3. The van der Waals surface area contributed by atoms with Gasteiger partial charge in [0.25, 0.3) is 5.91 Å². The first kappa shape index (κ1) is 30.4. The minimum absolute atomic E-state index is 0.0238. The lowest BCUT2D eigenvalue weighted by molar-refractivity contribution is -0.145. The lowest BCUT2D eigenvalue weighted by Gasteiger charge is -2.32. The number of nitrogens with zero attached hydrogens (tertiary/aromatic N) is 1. The molecule has 3 aromatic carbocycles. The molecule has 0 aromatic heterocycles. The van der Waals surface area contributed by atoms with Gasteiger partial charge in [-0.1, -0.05) is 74.5 Å². The minimum atomic E-state index is -0.775. The summed E-state index contributed by atoms with van der Waals surface area (Å²) in [6.07, 6.45) is 2.13. The summed E-state index contributed by atoms with van der Waals surface area (Å²) in [5.74, 6) is 0.250. The Morgan fingerprint density at radius 3 is 2.05 bits per heavy atom. The van der Waals surface area contributed by atoms with E-state index in [4.69, 9.17) is 9.47 Å². The van der Waals surface area contributed by atoms with Crippen molar-refractivity contribution in [2.75, 3.05) is 20.2 Å². The minimum Gasteiger partial charge on any atom is -0.489 e. The molecule has 2 amide bonds. The Morgan fingerprint density at radius 1 is 0.850 bits per heavy atom. The predicted molar refractivity (Wildman–Crippen MR) is 156 cm³/mol. The smallest absolute Gasteiger partial charge is 0.328 e. The van der Waals surface area contributed by atoms with Crippen LogP contribution >= 0.6 is 0 Å². The van der Waals surface area contributed by atoms with Crippen LogP contribution in [-0.2, 0) is 27.4 Å². The highest BCUT2D eigenvalue weighted by Gasteiger charge is 2.27. The molecule has 1 aliphatic heterocycles. The number of esters is 1. The second-order valence-electron chi connectivity index (χ2n) is 9.57. The van der Waals surface area contributed by atoms with E-state index in [1.165, 1.54) is 7.11 Å². The van der Waals surface area contributed by atoms with Crippen molar-refractivity contribution in [2.24, 2.45) is 5.92 Å². The number of hydrogen-bond acceptors (Lipinski definition) is 5. The Balaban J connectivity index is 0.00000216.